The average molecular weight is 206 g/mol. The molecule has 0 atom stereocenters. The Hall–Kier alpha value is -2.37. The van der Waals surface area contributed by atoms with Crippen LogP contribution in [0.1, 0.15) is 0 Å². The van der Waals surface area contributed by atoms with Gasteiger partial charge in [0.05, 0.1) is 18.1 Å². The van der Waals surface area contributed by atoms with E-state index < -0.39 is 0 Å². The predicted octanol–water partition coefficient (Wildman–Crippen LogP) is 1.37. The largest absolute Gasteiger partial charge is 0.411 e. The van der Waals surface area contributed by atoms with Crippen molar-refractivity contribution in [2.45, 2.75) is 0 Å². The highest BCUT2D eigenvalue weighted by atomic mass is 16.4. The molecule has 1 aromatic carbocycles. The molecule has 0 aliphatic heterocycles. The molecule has 0 bridgehead atoms. The molecule has 0 aromatic heterocycles. The van der Waals surface area contributed by atoms with Crippen LogP contribution in [-0.4, -0.2) is 28.6 Å². The first-order valence-electron chi connectivity index (χ1n) is 4.10. The molecule has 6 heteroatoms. The summed E-state index contributed by atoms with van der Waals surface area (Å²) < 4.78 is 0. The number of rotatable bonds is 4. The van der Waals surface area contributed by atoms with Crippen molar-refractivity contribution in [3.63, 3.8) is 0 Å². The first-order valence-corrected chi connectivity index (χ1v) is 4.10. The quantitative estimate of drug-likeness (QED) is 0.395. The minimum absolute atomic E-state index is 0.184. The minimum Gasteiger partial charge on any atom is -0.411 e. The molecule has 15 heavy (non-hydrogen) atoms. The molecule has 0 aliphatic rings. The fraction of sp³-hybridized carbons (Fsp3) is 0. The Labute approximate surface area is 86.2 Å². The number of hydrogen-bond acceptors (Lipinski definition) is 6. The van der Waals surface area contributed by atoms with Crippen molar-refractivity contribution >= 4 is 23.8 Å². The van der Waals surface area contributed by atoms with E-state index in [4.69, 9.17) is 10.4 Å². The van der Waals surface area contributed by atoms with Gasteiger partial charge in [-0.15, -0.1) is 0 Å². The van der Waals surface area contributed by atoms with Crippen molar-refractivity contribution in [3.8, 4) is 0 Å². The second-order valence-electron chi connectivity index (χ2n) is 2.50. The molecule has 6 nitrogen and oxygen atoms in total. The molecule has 0 heterocycles. The number of anilines is 1. The maximum Gasteiger partial charge on any atom is 0.126 e. The number of oxime groups is 2. The predicted molar refractivity (Wildman–Crippen MR) is 58.1 cm³/mol. The van der Waals surface area contributed by atoms with Crippen LogP contribution in [0.5, 0.6) is 0 Å². The smallest absolute Gasteiger partial charge is 0.126 e. The Balaban J connectivity index is 2.69. The molecule has 1 rings (SSSR count). The zero-order chi connectivity index (χ0) is 10.9. The highest BCUT2D eigenvalue weighted by Crippen LogP contribution is 2.03. The molecular formula is C9H10N4O2. The fourth-order valence-electron chi connectivity index (χ4n) is 0.851. The second-order valence-corrected chi connectivity index (χ2v) is 2.50. The van der Waals surface area contributed by atoms with E-state index in [1.807, 2.05) is 30.3 Å². The first kappa shape index (κ1) is 10.7. The van der Waals surface area contributed by atoms with Crippen LogP contribution in [0.4, 0.5) is 5.69 Å². The van der Waals surface area contributed by atoms with Crippen molar-refractivity contribution in [2.75, 3.05) is 5.43 Å². The highest BCUT2D eigenvalue weighted by Gasteiger charge is 1.91. The van der Waals surface area contributed by atoms with Gasteiger partial charge in [0.25, 0.3) is 0 Å². The second kappa shape index (κ2) is 6.14. The molecule has 0 unspecified atom stereocenters. The third-order valence-corrected chi connectivity index (χ3v) is 1.47. The SMILES string of the molecule is ON=CC(C=NO)=NNc1ccccc1. The maximum atomic E-state index is 8.28. The van der Waals surface area contributed by atoms with Gasteiger partial charge in [0, 0.05) is 0 Å². The monoisotopic (exact) mass is 206 g/mol. The van der Waals surface area contributed by atoms with Crippen LogP contribution >= 0.6 is 0 Å². The highest BCUT2D eigenvalue weighted by molar-refractivity contribution is 6.55. The van der Waals surface area contributed by atoms with Crippen molar-refractivity contribution < 1.29 is 10.4 Å². The topological polar surface area (TPSA) is 89.6 Å². The molecular weight excluding hydrogens is 196 g/mol. The molecule has 0 aliphatic carbocycles. The lowest BCUT2D eigenvalue weighted by molar-refractivity contribution is 0.321. The molecule has 0 radical (unpaired) electrons. The van der Waals surface area contributed by atoms with Gasteiger partial charge >= 0.3 is 0 Å². The molecule has 0 spiro atoms. The lowest BCUT2D eigenvalue weighted by Gasteiger charge is -1.98. The summed E-state index contributed by atoms with van der Waals surface area (Å²) >= 11 is 0. The molecule has 0 fully saturated rings. The summed E-state index contributed by atoms with van der Waals surface area (Å²) in [7, 11) is 0. The van der Waals surface area contributed by atoms with Gasteiger partial charge in [0.1, 0.15) is 5.71 Å². The summed E-state index contributed by atoms with van der Waals surface area (Å²) in [6.07, 6.45) is 2.07. The van der Waals surface area contributed by atoms with Gasteiger partial charge in [0.15, 0.2) is 0 Å². The third kappa shape index (κ3) is 3.90. The molecule has 0 amide bonds. The van der Waals surface area contributed by atoms with Crippen LogP contribution in [-0.2, 0) is 0 Å². The Morgan fingerprint density at radius 3 is 2.20 bits per heavy atom. The Morgan fingerprint density at radius 1 is 1.07 bits per heavy atom. The van der Waals surface area contributed by atoms with Crippen molar-refractivity contribution in [2.24, 2.45) is 15.4 Å². The number of hydrogen-bond donors (Lipinski definition) is 3. The van der Waals surface area contributed by atoms with E-state index >= 15 is 0 Å². The molecule has 0 saturated carbocycles. The number of benzene rings is 1. The lowest BCUT2D eigenvalue weighted by Crippen LogP contribution is -2.05. The Morgan fingerprint density at radius 2 is 1.67 bits per heavy atom. The summed E-state index contributed by atoms with van der Waals surface area (Å²) in [6, 6.07) is 9.19. The van der Waals surface area contributed by atoms with Crippen LogP contribution in [0.2, 0.25) is 0 Å². The van der Waals surface area contributed by atoms with Gasteiger partial charge in [-0.3, -0.25) is 5.43 Å². The number of hydrazone groups is 1. The Kier molecular flexibility index (Phi) is 4.38. The number of nitrogens with one attached hydrogen (secondary N) is 1. The van der Waals surface area contributed by atoms with Crippen LogP contribution in [0, 0.1) is 0 Å². The van der Waals surface area contributed by atoms with Gasteiger partial charge in [0.2, 0.25) is 0 Å². The lowest BCUT2D eigenvalue weighted by atomic mass is 10.3. The minimum atomic E-state index is 0.184. The van der Waals surface area contributed by atoms with Crippen LogP contribution in [0.15, 0.2) is 45.7 Å². The number of nitrogens with zero attached hydrogens (tertiary/aromatic N) is 3. The van der Waals surface area contributed by atoms with Gasteiger partial charge in [-0.2, -0.15) is 5.10 Å². The summed E-state index contributed by atoms with van der Waals surface area (Å²) in [5.41, 5.74) is 3.65. The van der Waals surface area contributed by atoms with Crippen molar-refractivity contribution in [1.82, 2.24) is 0 Å². The van der Waals surface area contributed by atoms with E-state index in [1.54, 1.807) is 0 Å². The first-order chi connectivity index (χ1) is 7.36. The zero-order valence-electron chi connectivity index (χ0n) is 7.78. The van der Waals surface area contributed by atoms with Gasteiger partial charge in [-0.25, -0.2) is 0 Å². The van der Waals surface area contributed by atoms with Crippen molar-refractivity contribution in [1.29, 1.82) is 0 Å². The Bertz CT molecular complexity index is 359. The fourth-order valence-corrected chi connectivity index (χ4v) is 0.851. The molecule has 3 N–H and O–H groups in total. The van der Waals surface area contributed by atoms with Crippen molar-refractivity contribution in [3.05, 3.63) is 30.3 Å². The van der Waals surface area contributed by atoms with Crippen LogP contribution in [0.25, 0.3) is 0 Å². The summed E-state index contributed by atoms with van der Waals surface area (Å²) in [5, 5.41) is 25.9. The van der Waals surface area contributed by atoms with Gasteiger partial charge in [-0.1, -0.05) is 28.5 Å². The van der Waals surface area contributed by atoms with E-state index in [9.17, 15) is 0 Å². The molecule has 0 saturated heterocycles. The molecule has 78 valence electrons. The third-order valence-electron chi connectivity index (χ3n) is 1.47. The summed E-state index contributed by atoms with van der Waals surface area (Å²) in [6.45, 7) is 0. The van der Waals surface area contributed by atoms with E-state index in [1.165, 1.54) is 0 Å². The summed E-state index contributed by atoms with van der Waals surface area (Å²) in [4.78, 5) is 0. The maximum absolute atomic E-state index is 8.28. The average Bonchev–Trinajstić information content (AvgIpc) is 2.28. The summed E-state index contributed by atoms with van der Waals surface area (Å²) in [5.74, 6) is 0. The van der Waals surface area contributed by atoms with Crippen LogP contribution in [0.3, 0.4) is 0 Å². The van der Waals surface area contributed by atoms with Crippen LogP contribution < -0.4 is 5.43 Å². The zero-order valence-corrected chi connectivity index (χ0v) is 7.78. The standard InChI is InChI=1S/C9H10N4O2/c14-10-6-9(7-11-15)13-12-8-4-2-1-3-5-8/h1-7,12,14-15H. The van der Waals surface area contributed by atoms with E-state index in [0.29, 0.717) is 0 Å². The number of para-hydroxylation sites is 1. The normalized spacial score (nSPS) is 10.7. The van der Waals surface area contributed by atoms with Gasteiger partial charge in [-0.05, 0) is 12.1 Å². The van der Waals surface area contributed by atoms with E-state index in [0.717, 1.165) is 18.1 Å². The van der Waals surface area contributed by atoms with E-state index in [-0.39, 0.29) is 5.71 Å². The van der Waals surface area contributed by atoms with Gasteiger partial charge < -0.3 is 10.4 Å². The molecule has 1 aromatic rings. The van der Waals surface area contributed by atoms with E-state index in [2.05, 4.69) is 20.8 Å².